The van der Waals surface area contributed by atoms with Crippen molar-refractivity contribution in [3.05, 3.63) is 21.8 Å². The van der Waals surface area contributed by atoms with Gasteiger partial charge in [0, 0.05) is 11.3 Å². The maximum absolute atomic E-state index is 12.3. The summed E-state index contributed by atoms with van der Waals surface area (Å²) in [6.07, 6.45) is 0.321. The Bertz CT molecular complexity index is 749. The van der Waals surface area contributed by atoms with Crippen LogP contribution < -0.4 is 11.1 Å². The molecule has 2 aliphatic heterocycles. The molecule has 3 heterocycles. The molecule has 23 heavy (non-hydrogen) atoms. The van der Waals surface area contributed by atoms with Crippen LogP contribution in [0.5, 0.6) is 0 Å². The van der Waals surface area contributed by atoms with Gasteiger partial charge in [-0.2, -0.15) is 0 Å². The van der Waals surface area contributed by atoms with E-state index in [1.54, 1.807) is 0 Å². The highest BCUT2D eigenvalue weighted by molar-refractivity contribution is 8.00. The predicted molar refractivity (Wildman–Crippen MR) is 85.5 cm³/mol. The number of carbonyl (C=O) groups is 3. The number of fused-ring (bicyclic) bond motifs is 1. The average molecular weight is 371 g/mol. The van der Waals surface area contributed by atoms with Crippen molar-refractivity contribution in [3.8, 4) is 0 Å². The van der Waals surface area contributed by atoms with E-state index < -0.39 is 22.9 Å². The number of nitrogens with zero attached hydrogens (tertiary/aromatic N) is 3. The molecule has 2 amide bonds. The Morgan fingerprint density at radius 2 is 2.39 bits per heavy atom. The Balaban J connectivity index is 2.02. The van der Waals surface area contributed by atoms with Gasteiger partial charge in [-0.25, -0.2) is 4.79 Å². The molecule has 0 saturated carbocycles. The zero-order chi connectivity index (χ0) is 16.8. The lowest BCUT2D eigenvalue weighted by Gasteiger charge is -2.54. The van der Waals surface area contributed by atoms with Crippen molar-refractivity contribution in [2.45, 2.75) is 11.0 Å². The van der Waals surface area contributed by atoms with E-state index >= 15 is 0 Å². The minimum atomic E-state index is -1.61. The molecule has 2 atom stereocenters. The molecule has 0 spiro atoms. The highest BCUT2D eigenvalue weighted by Gasteiger charge is 2.63. The normalized spacial score (nSPS) is 26.4. The lowest BCUT2D eigenvalue weighted by Crippen LogP contribution is -2.83. The third kappa shape index (κ3) is 2.25. The molecule has 120 valence electrons. The molecule has 0 aliphatic carbocycles. The second kappa shape index (κ2) is 5.63. The zero-order valence-electron chi connectivity index (χ0n) is 11.3. The van der Waals surface area contributed by atoms with Crippen molar-refractivity contribution < 1.29 is 19.5 Å². The number of rotatable bonds is 5. The van der Waals surface area contributed by atoms with Crippen LogP contribution in [0.2, 0.25) is 0 Å². The van der Waals surface area contributed by atoms with Crippen LogP contribution in [0.3, 0.4) is 0 Å². The summed E-state index contributed by atoms with van der Waals surface area (Å²) in [7, 11) is 0. The molecule has 0 unspecified atom stereocenters. The third-order valence-electron chi connectivity index (χ3n) is 3.44. The number of β-lactam (4-membered cyclic amide) rings is 1. The van der Waals surface area contributed by atoms with Gasteiger partial charge in [0.1, 0.15) is 16.6 Å². The number of hydrogen-bond acceptors (Lipinski definition) is 9. The van der Waals surface area contributed by atoms with Gasteiger partial charge in [0.2, 0.25) is 12.1 Å². The zero-order valence-corrected chi connectivity index (χ0v) is 13.7. The average Bonchev–Trinajstić information content (AvgIpc) is 3.06. The second-order valence-corrected chi connectivity index (χ2v) is 6.99. The largest absolute Gasteiger partial charge is 0.477 e. The van der Waals surface area contributed by atoms with Crippen molar-refractivity contribution >= 4 is 58.5 Å². The number of carbonyl (C=O) groups excluding carboxylic acids is 2. The maximum atomic E-state index is 12.3. The predicted octanol–water partition coefficient (Wildman–Crippen LogP) is -1.09. The van der Waals surface area contributed by atoms with E-state index in [1.807, 2.05) is 0 Å². The van der Waals surface area contributed by atoms with Crippen molar-refractivity contribution in [1.29, 1.82) is 0 Å². The first-order chi connectivity index (χ1) is 10.9. The number of carboxylic acids is 1. The highest BCUT2D eigenvalue weighted by atomic mass is 32.2. The quantitative estimate of drug-likeness (QED) is 0.194. The lowest BCUT2D eigenvalue weighted by molar-refractivity contribution is -0.157. The van der Waals surface area contributed by atoms with Gasteiger partial charge in [-0.05, 0) is 0 Å². The van der Waals surface area contributed by atoms with E-state index in [9.17, 15) is 19.5 Å². The van der Waals surface area contributed by atoms with Crippen LogP contribution in [-0.2, 0) is 14.4 Å². The molecule has 1 fully saturated rings. The van der Waals surface area contributed by atoms with E-state index in [4.69, 9.17) is 18.0 Å². The maximum Gasteiger partial charge on any atom is 0.353 e. The van der Waals surface area contributed by atoms with E-state index in [1.165, 1.54) is 28.6 Å². The number of nitrogens with two attached hydrogens (primary N) is 1. The first kappa shape index (κ1) is 16.0. The van der Waals surface area contributed by atoms with Gasteiger partial charge in [-0.3, -0.25) is 20.2 Å². The van der Waals surface area contributed by atoms with Crippen LogP contribution in [0.1, 0.15) is 5.01 Å². The Labute approximate surface area is 142 Å². The SMILES string of the molecule is N[C@]1(NC=O)C(=O)N2C(C(=O)O)=C(C(=S)c3nncs3)CS[C@H]21. The number of aliphatic carboxylic acids is 1. The van der Waals surface area contributed by atoms with E-state index in [0.29, 0.717) is 17.0 Å². The fourth-order valence-electron chi connectivity index (χ4n) is 2.39. The molecular formula is C11H9N5O4S3. The minimum Gasteiger partial charge on any atom is -0.477 e. The summed E-state index contributed by atoms with van der Waals surface area (Å²) >= 11 is 7.69. The molecule has 1 aromatic rings. The molecule has 4 N–H and O–H groups in total. The van der Waals surface area contributed by atoms with Crippen LogP contribution in [0.15, 0.2) is 16.8 Å². The first-order valence-electron chi connectivity index (χ1n) is 6.14. The smallest absolute Gasteiger partial charge is 0.353 e. The van der Waals surface area contributed by atoms with Crippen LogP contribution in [0.25, 0.3) is 0 Å². The summed E-state index contributed by atoms with van der Waals surface area (Å²) in [5.74, 6) is -1.76. The van der Waals surface area contributed by atoms with E-state index in [-0.39, 0.29) is 16.3 Å². The van der Waals surface area contributed by atoms with Gasteiger partial charge in [0.25, 0.3) is 5.91 Å². The number of aromatic nitrogens is 2. The number of amides is 2. The van der Waals surface area contributed by atoms with Crippen molar-refractivity contribution in [1.82, 2.24) is 20.4 Å². The van der Waals surface area contributed by atoms with Crippen molar-refractivity contribution in [2.75, 3.05) is 5.75 Å². The minimum absolute atomic E-state index is 0.229. The second-order valence-electron chi connectivity index (χ2n) is 4.68. The summed E-state index contributed by atoms with van der Waals surface area (Å²) in [5.41, 5.74) is 5.82. The van der Waals surface area contributed by atoms with Crippen LogP contribution in [0.4, 0.5) is 0 Å². The Morgan fingerprint density at radius 1 is 1.65 bits per heavy atom. The van der Waals surface area contributed by atoms with Gasteiger partial charge < -0.3 is 10.4 Å². The fraction of sp³-hybridized carbons (Fsp3) is 0.273. The Hall–Kier alpha value is -1.89. The topological polar surface area (TPSA) is 139 Å². The Kier molecular flexibility index (Phi) is 3.91. The summed E-state index contributed by atoms with van der Waals surface area (Å²) in [5, 5.41) is 19.0. The number of carboxylic acid groups (broad SMARTS) is 1. The van der Waals surface area contributed by atoms with Gasteiger partial charge in [-0.15, -0.1) is 22.0 Å². The third-order valence-corrected chi connectivity index (χ3v) is 6.07. The molecule has 0 aromatic carbocycles. The number of nitrogens with one attached hydrogen (secondary N) is 1. The monoisotopic (exact) mass is 371 g/mol. The van der Waals surface area contributed by atoms with E-state index in [0.717, 1.165) is 4.90 Å². The molecule has 0 radical (unpaired) electrons. The van der Waals surface area contributed by atoms with Crippen molar-refractivity contribution in [3.63, 3.8) is 0 Å². The molecule has 1 saturated heterocycles. The molecule has 12 heteroatoms. The van der Waals surface area contributed by atoms with Crippen LogP contribution >= 0.6 is 35.3 Å². The van der Waals surface area contributed by atoms with Crippen LogP contribution in [-0.4, -0.2) is 60.1 Å². The summed E-state index contributed by atoms with van der Waals surface area (Å²) in [6, 6.07) is 0. The van der Waals surface area contributed by atoms with Gasteiger partial charge >= 0.3 is 5.97 Å². The highest BCUT2D eigenvalue weighted by Crippen LogP contribution is 2.44. The summed E-state index contributed by atoms with van der Waals surface area (Å²) in [6.45, 7) is 0. The van der Waals surface area contributed by atoms with Crippen molar-refractivity contribution in [2.24, 2.45) is 5.73 Å². The number of thioether (sulfide) groups is 1. The summed E-state index contributed by atoms with van der Waals surface area (Å²) in [4.78, 5) is 35.9. The number of hydrogen-bond donors (Lipinski definition) is 3. The Morgan fingerprint density at radius 3 is 2.96 bits per heavy atom. The van der Waals surface area contributed by atoms with E-state index in [2.05, 4.69) is 15.5 Å². The van der Waals surface area contributed by atoms with Gasteiger partial charge in [-0.1, -0.05) is 23.6 Å². The molecule has 0 bridgehead atoms. The lowest BCUT2D eigenvalue weighted by atomic mass is 9.96. The summed E-state index contributed by atoms with van der Waals surface area (Å²) < 4.78 is 0. The first-order valence-corrected chi connectivity index (χ1v) is 8.48. The molecule has 1 aromatic heterocycles. The molecular weight excluding hydrogens is 362 g/mol. The van der Waals surface area contributed by atoms with Gasteiger partial charge in [0.05, 0.1) is 4.86 Å². The van der Waals surface area contributed by atoms with Gasteiger partial charge in [0.15, 0.2) is 5.01 Å². The molecule has 9 nitrogen and oxygen atoms in total. The number of thiocarbonyl (C=S) groups is 1. The molecule has 2 aliphatic rings. The van der Waals surface area contributed by atoms with Crippen LogP contribution in [0, 0.1) is 0 Å². The fourth-order valence-corrected chi connectivity index (χ4v) is 4.74. The molecule has 3 rings (SSSR count). The standard InChI is InChI=1S/C11H9N5O4S3/c12-11(13-2-17)9(20)16-5(8(18)19)4(1-22-10(11)16)6(21)7-15-14-3-23-7/h2-3,10H,1,12H2,(H,13,17)(H,18,19)/t10-,11-/m0/s1.